The van der Waals surface area contributed by atoms with Crippen LogP contribution in [0.25, 0.3) is 0 Å². The summed E-state index contributed by atoms with van der Waals surface area (Å²) in [5.74, 6) is 0.429. The molecule has 6 heteroatoms. The van der Waals surface area contributed by atoms with E-state index >= 15 is 0 Å². The lowest BCUT2D eigenvalue weighted by molar-refractivity contribution is -0.130. The number of aliphatic hydroxyl groups excluding tert-OH is 1. The minimum Gasteiger partial charge on any atom is -0.390 e. The number of piperidine rings is 1. The Bertz CT molecular complexity index is 613. The molecule has 6 nitrogen and oxygen atoms in total. The van der Waals surface area contributed by atoms with Gasteiger partial charge in [0.25, 0.3) is 5.91 Å². The van der Waals surface area contributed by atoms with Crippen LogP contribution in [0.1, 0.15) is 36.2 Å². The van der Waals surface area contributed by atoms with E-state index in [1.54, 1.807) is 19.0 Å². The zero-order chi connectivity index (χ0) is 19.3. The topological polar surface area (TPSA) is 72.9 Å². The number of β-amino-alcohol motifs (C(OH)–C–C–N with tert-alkyl or cyclic N) is 1. The Labute approximate surface area is 156 Å². The first-order valence-electron chi connectivity index (χ1n) is 9.26. The van der Waals surface area contributed by atoms with Crippen LogP contribution in [-0.2, 0) is 11.2 Å². The van der Waals surface area contributed by atoms with Gasteiger partial charge in [-0.3, -0.25) is 14.5 Å². The van der Waals surface area contributed by atoms with E-state index < -0.39 is 6.10 Å². The molecule has 0 spiro atoms. The van der Waals surface area contributed by atoms with Crippen molar-refractivity contribution in [3.05, 3.63) is 35.4 Å². The summed E-state index contributed by atoms with van der Waals surface area (Å²) < 4.78 is 0. The van der Waals surface area contributed by atoms with Crippen molar-refractivity contribution in [3.8, 4) is 0 Å². The van der Waals surface area contributed by atoms with Crippen molar-refractivity contribution in [1.29, 1.82) is 0 Å². The average molecular weight is 361 g/mol. The molecule has 2 N–H and O–H groups in total. The first kappa shape index (κ1) is 20.4. The summed E-state index contributed by atoms with van der Waals surface area (Å²) in [7, 11) is 3.44. The average Bonchev–Trinajstić information content (AvgIpc) is 2.57. The van der Waals surface area contributed by atoms with Crippen LogP contribution >= 0.6 is 0 Å². The minimum absolute atomic E-state index is 0.0150. The van der Waals surface area contributed by atoms with Gasteiger partial charge in [-0.05, 0) is 36.5 Å². The molecule has 1 heterocycles. The van der Waals surface area contributed by atoms with E-state index in [0.717, 1.165) is 6.42 Å². The van der Waals surface area contributed by atoms with Gasteiger partial charge in [0, 0.05) is 32.7 Å². The normalized spacial score (nSPS) is 20.8. The number of likely N-dealkylation sites (N-methyl/N-ethyl adjacent to an activating group) is 1. The maximum Gasteiger partial charge on any atom is 0.251 e. The number of likely N-dealkylation sites (tertiary alicyclic amines) is 1. The van der Waals surface area contributed by atoms with E-state index in [1.807, 2.05) is 29.2 Å². The summed E-state index contributed by atoms with van der Waals surface area (Å²) in [6.45, 7) is 5.69. The molecule has 1 aromatic rings. The summed E-state index contributed by atoms with van der Waals surface area (Å²) in [5, 5.41) is 13.3. The van der Waals surface area contributed by atoms with Crippen LogP contribution in [0, 0.1) is 5.92 Å². The van der Waals surface area contributed by atoms with E-state index in [-0.39, 0.29) is 17.9 Å². The smallest absolute Gasteiger partial charge is 0.251 e. The van der Waals surface area contributed by atoms with Crippen molar-refractivity contribution in [1.82, 2.24) is 15.1 Å². The Balaban J connectivity index is 1.87. The molecule has 1 aromatic carbocycles. The van der Waals surface area contributed by atoms with Crippen molar-refractivity contribution in [2.24, 2.45) is 5.92 Å². The molecule has 144 valence electrons. The number of rotatable bonds is 6. The lowest BCUT2D eigenvalue weighted by Gasteiger charge is -2.36. The Kier molecular flexibility index (Phi) is 7.17. The van der Waals surface area contributed by atoms with Crippen molar-refractivity contribution in [3.63, 3.8) is 0 Å². The molecule has 0 radical (unpaired) electrons. The highest BCUT2D eigenvalue weighted by Gasteiger charge is 2.30. The quantitative estimate of drug-likeness (QED) is 0.797. The predicted molar refractivity (Wildman–Crippen MR) is 102 cm³/mol. The molecular weight excluding hydrogens is 330 g/mol. The van der Waals surface area contributed by atoms with Gasteiger partial charge in [0.2, 0.25) is 5.91 Å². The van der Waals surface area contributed by atoms with Gasteiger partial charge in [0.15, 0.2) is 0 Å². The lowest BCUT2D eigenvalue weighted by atomic mass is 10.00. The highest BCUT2D eigenvalue weighted by Crippen LogP contribution is 2.14. The second-order valence-electron chi connectivity index (χ2n) is 7.75. The number of nitrogens with zero attached hydrogens (tertiary/aromatic N) is 2. The Morgan fingerprint density at radius 2 is 1.92 bits per heavy atom. The molecular formula is C20H31N3O3. The van der Waals surface area contributed by atoms with Crippen LogP contribution in [0.15, 0.2) is 24.3 Å². The van der Waals surface area contributed by atoms with E-state index in [9.17, 15) is 14.7 Å². The maximum atomic E-state index is 12.4. The second-order valence-corrected chi connectivity index (χ2v) is 7.75. The highest BCUT2D eigenvalue weighted by atomic mass is 16.3. The maximum absolute atomic E-state index is 12.4. The Morgan fingerprint density at radius 3 is 2.46 bits per heavy atom. The molecule has 0 unspecified atom stereocenters. The molecule has 0 aromatic heterocycles. The third-order valence-electron chi connectivity index (χ3n) is 4.70. The minimum atomic E-state index is -0.678. The fourth-order valence-electron chi connectivity index (χ4n) is 3.16. The molecule has 0 aliphatic carbocycles. The van der Waals surface area contributed by atoms with Gasteiger partial charge in [0.1, 0.15) is 0 Å². The van der Waals surface area contributed by atoms with Gasteiger partial charge in [0.05, 0.1) is 18.7 Å². The second kappa shape index (κ2) is 9.14. The molecule has 1 aliphatic heterocycles. The van der Waals surface area contributed by atoms with Crippen LogP contribution in [0.5, 0.6) is 0 Å². The van der Waals surface area contributed by atoms with Gasteiger partial charge >= 0.3 is 0 Å². The van der Waals surface area contributed by atoms with Gasteiger partial charge < -0.3 is 15.3 Å². The van der Waals surface area contributed by atoms with Crippen LogP contribution < -0.4 is 5.32 Å². The van der Waals surface area contributed by atoms with Crippen LogP contribution in [0.3, 0.4) is 0 Å². The van der Waals surface area contributed by atoms with Crippen molar-refractivity contribution >= 4 is 11.8 Å². The summed E-state index contributed by atoms with van der Waals surface area (Å²) in [6, 6.07) is 7.36. The Morgan fingerprint density at radius 1 is 1.27 bits per heavy atom. The zero-order valence-electron chi connectivity index (χ0n) is 16.2. The predicted octanol–water partition coefficient (Wildman–Crippen LogP) is 1.14. The fraction of sp³-hybridized carbons (Fsp3) is 0.600. The number of nitrogens with one attached hydrogen (secondary N) is 1. The van der Waals surface area contributed by atoms with E-state index in [1.165, 1.54) is 5.56 Å². The zero-order valence-corrected chi connectivity index (χ0v) is 16.2. The molecule has 1 saturated heterocycles. The number of hydrogen-bond donors (Lipinski definition) is 2. The number of benzene rings is 1. The first-order valence-corrected chi connectivity index (χ1v) is 9.26. The van der Waals surface area contributed by atoms with Crippen molar-refractivity contribution in [2.75, 3.05) is 33.7 Å². The van der Waals surface area contributed by atoms with Crippen LogP contribution in [-0.4, -0.2) is 72.6 Å². The third-order valence-corrected chi connectivity index (χ3v) is 4.70. The first-order chi connectivity index (χ1) is 12.3. The van der Waals surface area contributed by atoms with Crippen LogP contribution in [0.2, 0.25) is 0 Å². The van der Waals surface area contributed by atoms with E-state index in [2.05, 4.69) is 19.2 Å². The Hall–Kier alpha value is -1.92. The number of amides is 2. The molecule has 0 bridgehead atoms. The number of hydrogen-bond acceptors (Lipinski definition) is 4. The molecule has 2 rings (SSSR count). The van der Waals surface area contributed by atoms with Gasteiger partial charge in [-0.2, -0.15) is 0 Å². The van der Waals surface area contributed by atoms with Gasteiger partial charge in [-0.1, -0.05) is 26.0 Å². The lowest BCUT2D eigenvalue weighted by Crippen LogP contribution is -2.55. The van der Waals surface area contributed by atoms with Crippen molar-refractivity contribution < 1.29 is 14.7 Å². The van der Waals surface area contributed by atoms with Crippen molar-refractivity contribution in [2.45, 2.75) is 38.8 Å². The molecule has 2 atom stereocenters. The number of aliphatic hydroxyl groups is 1. The summed E-state index contributed by atoms with van der Waals surface area (Å²) >= 11 is 0. The van der Waals surface area contributed by atoms with Crippen LogP contribution in [0.4, 0.5) is 0 Å². The summed E-state index contributed by atoms with van der Waals surface area (Å²) in [6.07, 6.45) is 0.937. The fourth-order valence-corrected chi connectivity index (χ4v) is 3.16. The summed E-state index contributed by atoms with van der Waals surface area (Å²) in [4.78, 5) is 27.7. The molecule has 26 heavy (non-hydrogen) atoms. The monoisotopic (exact) mass is 361 g/mol. The van der Waals surface area contributed by atoms with E-state index in [0.29, 0.717) is 37.5 Å². The van der Waals surface area contributed by atoms with Gasteiger partial charge in [-0.15, -0.1) is 0 Å². The molecule has 2 amide bonds. The van der Waals surface area contributed by atoms with E-state index in [4.69, 9.17) is 0 Å². The highest BCUT2D eigenvalue weighted by molar-refractivity contribution is 5.94. The SMILES string of the molecule is CC(C)Cc1ccc(C(=O)N[C@@H]2CCN(CC(=O)N(C)C)C[C@H]2O)cc1. The largest absolute Gasteiger partial charge is 0.390 e. The summed E-state index contributed by atoms with van der Waals surface area (Å²) in [5.41, 5.74) is 1.82. The molecule has 1 fully saturated rings. The molecule has 0 saturated carbocycles. The number of carbonyl (C=O) groups is 2. The third kappa shape index (κ3) is 5.81. The van der Waals surface area contributed by atoms with Gasteiger partial charge in [-0.25, -0.2) is 0 Å². The molecule has 1 aliphatic rings. The standard InChI is InChI=1S/C20H31N3O3/c1-14(2)11-15-5-7-16(8-6-15)20(26)21-17-9-10-23(12-18(17)24)13-19(25)22(3)4/h5-8,14,17-18,24H,9-13H2,1-4H3,(H,21,26)/t17-,18-/m1/s1. The number of carbonyl (C=O) groups excluding carboxylic acids is 2.